The first-order chi connectivity index (χ1) is 13.0. The Labute approximate surface area is 161 Å². The Morgan fingerprint density at radius 3 is 2.63 bits per heavy atom. The number of fused-ring (bicyclic) bond motifs is 2. The molecule has 2 saturated heterocycles. The molecule has 3 nitrogen and oxygen atoms in total. The molecule has 1 aliphatic carbocycles. The van der Waals surface area contributed by atoms with Crippen molar-refractivity contribution in [2.24, 2.45) is 0 Å². The second-order valence-corrected chi connectivity index (χ2v) is 9.00. The molecule has 1 saturated carbocycles. The quantitative estimate of drug-likeness (QED) is 0.742. The number of hydrogen-bond donors (Lipinski definition) is 2. The van der Waals surface area contributed by atoms with E-state index >= 15 is 8.78 Å². The zero-order valence-corrected chi connectivity index (χ0v) is 16.1. The first-order valence-electron chi connectivity index (χ1n) is 9.42. The summed E-state index contributed by atoms with van der Waals surface area (Å²) in [5, 5.41) is 3.42. The first-order valence-corrected chi connectivity index (χ1v) is 10.7. The summed E-state index contributed by atoms with van der Waals surface area (Å²) >= 11 is -1.29. The van der Waals surface area contributed by atoms with E-state index in [-0.39, 0.29) is 17.9 Å². The third-order valence-electron chi connectivity index (χ3n) is 5.70. The molecule has 3 atom stereocenters. The SMILES string of the molecule is CC[S+]([O-])N[C@@H]1[C@H](Cc2cccc(-c3ccccc3)c2F)NC2CC1(F)C2. The Morgan fingerprint density at radius 1 is 1.19 bits per heavy atom. The van der Waals surface area contributed by atoms with Crippen LogP contribution in [0.5, 0.6) is 0 Å². The van der Waals surface area contributed by atoms with E-state index in [1.807, 2.05) is 36.4 Å². The van der Waals surface area contributed by atoms with Gasteiger partial charge in [-0.3, -0.25) is 0 Å². The van der Waals surface area contributed by atoms with E-state index < -0.39 is 23.1 Å². The van der Waals surface area contributed by atoms with Gasteiger partial charge in [0.1, 0.15) is 23.3 Å². The maximum Gasteiger partial charge on any atom is 0.135 e. The number of rotatable bonds is 6. The summed E-state index contributed by atoms with van der Waals surface area (Å²) in [6, 6.07) is 14.0. The molecule has 144 valence electrons. The lowest BCUT2D eigenvalue weighted by atomic mass is 9.65. The number of nitrogens with one attached hydrogen (secondary N) is 2. The van der Waals surface area contributed by atoms with Crippen molar-refractivity contribution in [1.29, 1.82) is 0 Å². The predicted molar refractivity (Wildman–Crippen MR) is 105 cm³/mol. The van der Waals surface area contributed by atoms with E-state index in [0.29, 0.717) is 36.1 Å². The lowest BCUT2D eigenvalue weighted by Gasteiger charge is -2.55. The van der Waals surface area contributed by atoms with Crippen LogP contribution >= 0.6 is 0 Å². The van der Waals surface area contributed by atoms with Crippen LogP contribution in [0.1, 0.15) is 25.3 Å². The minimum absolute atomic E-state index is 0.119. The Bertz CT molecular complexity index is 798. The average molecular weight is 390 g/mol. The fourth-order valence-corrected chi connectivity index (χ4v) is 5.12. The van der Waals surface area contributed by atoms with Gasteiger partial charge < -0.3 is 9.87 Å². The monoisotopic (exact) mass is 390 g/mol. The molecule has 2 N–H and O–H groups in total. The van der Waals surface area contributed by atoms with Gasteiger partial charge in [-0.1, -0.05) is 48.5 Å². The highest BCUT2D eigenvalue weighted by molar-refractivity contribution is 7.89. The Balaban J connectivity index is 1.59. The Hall–Kier alpha value is -1.47. The molecule has 2 aliphatic heterocycles. The molecule has 1 unspecified atom stereocenters. The molecule has 0 radical (unpaired) electrons. The zero-order valence-electron chi connectivity index (χ0n) is 15.3. The molecule has 3 fully saturated rings. The summed E-state index contributed by atoms with van der Waals surface area (Å²) in [6.45, 7) is 1.80. The minimum atomic E-state index is -1.36. The lowest BCUT2D eigenvalue weighted by molar-refractivity contribution is -0.0567. The van der Waals surface area contributed by atoms with Crippen LogP contribution in [-0.4, -0.2) is 34.1 Å². The normalized spacial score (nSPS) is 30.6. The van der Waals surface area contributed by atoms with Gasteiger partial charge in [0, 0.05) is 29.0 Å². The fourth-order valence-electron chi connectivity index (χ4n) is 4.30. The highest BCUT2D eigenvalue weighted by Gasteiger charge is 2.59. The lowest BCUT2D eigenvalue weighted by Crippen LogP contribution is -2.75. The zero-order chi connectivity index (χ0) is 19.0. The van der Waals surface area contributed by atoms with Crippen LogP contribution in [0.25, 0.3) is 11.1 Å². The van der Waals surface area contributed by atoms with Gasteiger partial charge in [0.05, 0.1) is 0 Å². The second-order valence-electron chi connectivity index (χ2n) is 7.49. The number of alkyl halides is 1. The standard InChI is InChI=1S/C21H24F2N2OS/c1-2-27(26)25-20-18(24-16-12-21(20,23)13-16)11-15-9-6-10-17(19(15)22)14-7-4-3-5-8-14/h3-10,16,18,20,24-25H,2,11-13H2,1H3/t16?,18-,20+,21?,27?/m0/s1. The van der Waals surface area contributed by atoms with Crippen molar-refractivity contribution < 1.29 is 13.3 Å². The fraction of sp³-hybridized carbons (Fsp3) is 0.429. The number of halogens is 2. The minimum Gasteiger partial charge on any atom is -0.598 e. The molecule has 6 heteroatoms. The van der Waals surface area contributed by atoms with Gasteiger partial charge in [0.25, 0.3) is 0 Å². The average Bonchev–Trinajstić information content (AvgIpc) is 2.65. The van der Waals surface area contributed by atoms with Crippen molar-refractivity contribution in [3.8, 4) is 11.1 Å². The predicted octanol–water partition coefficient (Wildman–Crippen LogP) is 3.52. The third-order valence-corrected chi connectivity index (χ3v) is 6.75. The van der Waals surface area contributed by atoms with Gasteiger partial charge in [-0.05, 0) is 37.3 Å². The van der Waals surface area contributed by atoms with Crippen molar-refractivity contribution >= 4 is 11.4 Å². The molecule has 5 rings (SSSR count). The summed E-state index contributed by atoms with van der Waals surface area (Å²) in [7, 11) is 0. The topological polar surface area (TPSA) is 47.1 Å². The van der Waals surface area contributed by atoms with Crippen molar-refractivity contribution in [2.45, 2.75) is 50.0 Å². The van der Waals surface area contributed by atoms with Crippen LogP contribution in [-0.2, 0) is 17.8 Å². The van der Waals surface area contributed by atoms with Crippen LogP contribution in [0.2, 0.25) is 0 Å². The number of benzene rings is 2. The van der Waals surface area contributed by atoms with Crippen molar-refractivity contribution in [3.05, 3.63) is 59.9 Å². The van der Waals surface area contributed by atoms with Crippen LogP contribution in [0.3, 0.4) is 0 Å². The van der Waals surface area contributed by atoms with Gasteiger partial charge in [-0.25, -0.2) is 8.78 Å². The van der Waals surface area contributed by atoms with Crippen LogP contribution in [0.15, 0.2) is 48.5 Å². The number of piperidine rings is 2. The van der Waals surface area contributed by atoms with Gasteiger partial charge in [0.2, 0.25) is 0 Å². The van der Waals surface area contributed by atoms with Crippen molar-refractivity contribution in [3.63, 3.8) is 0 Å². The van der Waals surface area contributed by atoms with E-state index in [9.17, 15) is 4.55 Å². The van der Waals surface area contributed by atoms with Crippen LogP contribution in [0.4, 0.5) is 8.78 Å². The van der Waals surface area contributed by atoms with Gasteiger partial charge in [-0.15, -0.1) is 4.72 Å². The summed E-state index contributed by atoms with van der Waals surface area (Å²) in [6.07, 6.45) is 1.20. The summed E-state index contributed by atoms with van der Waals surface area (Å²) in [5.41, 5.74) is 0.553. The molecule has 2 bridgehead atoms. The Kier molecular flexibility index (Phi) is 5.25. The molecule has 27 heavy (non-hydrogen) atoms. The largest absolute Gasteiger partial charge is 0.598 e. The van der Waals surface area contributed by atoms with Crippen molar-refractivity contribution in [2.75, 3.05) is 5.75 Å². The van der Waals surface area contributed by atoms with Gasteiger partial charge in [0.15, 0.2) is 0 Å². The molecule has 2 aromatic carbocycles. The molecule has 2 aromatic rings. The van der Waals surface area contributed by atoms with E-state index in [1.165, 1.54) is 0 Å². The molecular formula is C21H24F2N2OS. The number of hydrogen-bond acceptors (Lipinski definition) is 3. The van der Waals surface area contributed by atoms with Crippen LogP contribution < -0.4 is 10.0 Å². The molecule has 0 amide bonds. The van der Waals surface area contributed by atoms with Gasteiger partial charge in [-0.2, -0.15) is 0 Å². The molecule has 3 aliphatic rings. The van der Waals surface area contributed by atoms with Crippen LogP contribution in [0, 0.1) is 5.82 Å². The molecular weight excluding hydrogens is 366 g/mol. The van der Waals surface area contributed by atoms with E-state index in [4.69, 9.17) is 0 Å². The maximum absolute atomic E-state index is 15.2. The van der Waals surface area contributed by atoms with E-state index in [2.05, 4.69) is 10.0 Å². The Morgan fingerprint density at radius 2 is 1.93 bits per heavy atom. The third kappa shape index (κ3) is 3.63. The van der Waals surface area contributed by atoms with Gasteiger partial charge >= 0.3 is 0 Å². The molecule has 0 aromatic heterocycles. The molecule has 2 heterocycles. The highest BCUT2D eigenvalue weighted by atomic mass is 32.2. The summed E-state index contributed by atoms with van der Waals surface area (Å²) in [5.74, 6) is 0.147. The molecule has 0 spiro atoms. The van der Waals surface area contributed by atoms with Crippen molar-refractivity contribution in [1.82, 2.24) is 10.0 Å². The first kappa shape index (κ1) is 18.9. The maximum atomic E-state index is 15.2. The highest BCUT2D eigenvalue weighted by Crippen LogP contribution is 2.45. The van der Waals surface area contributed by atoms with E-state index in [1.54, 1.807) is 19.1 Å². The smallest absolute Gasteiger partial charge is 0.135 e. The summed E-state index contributed by atoms with van der Waals surface area (Å²) in [4.78, 5) is 0. The van der Waals surface area contributed by atoms with E-state index in [0.717, 1.165) is 5.56 Å². The summed E-state index contributed by atoms with van der Waals surface area (Å²) < 4.78 is 45.3. The second kappa shape index (κ2) is 7.51.